The van der Waals surface area contributed by atoms with E-state index in [9.17, 15) is 9.59 Å². The minimum absolute atomic E-state index is 0.558. The fourth-order valence-electron chi connectivity index (χ4n) is 0.143. The number of carboxylic acids is 2. The number of hydrogen-bond acceptors (Lipinski definition) is 3. The maximum atomic E-state index is 9.55. The number of rotatable bonds is 2. The van der Waals surface area contributed by atoms with Crippen molar-refractivity contribution in [1.29, 1.82) is 0 Å². The molecule has 0 saturated carbocycles. The van der Waals surface area contributed by atoms with Gasteiger partial charge in [0, 0.05) is 19.1 Å². The molecule has 12 heavy (non-hydrogen) atoms. The highest BCUT2D eigenvalue weighted by atomic mass is 16.4. The summed E-state index contributed by atoms with van der Waals surface area (Å²) in [6.45, 7) is 1.57. The normalized spacial score (nSPS) is 7.42. The minimum Gasteiger partial charge on any atom is -0.478 e. The second-order valence-electron chi connectivity index (χ2n) is 1.37. The highest BCUT2D eigenvalue weighted by Gasteiger charge is 1.88. The highest BCUT2D eigenvalue weighted by molar-refractivity contribution is 5.89. The van der Waals surface area contributed by atoms with Crippen LogP contribution in [0.3, 0.4) is 0 Å². The Labute approximate surface area is 69.0 Å². The average Bonchev–Trinajstić information content (AvgIpc) is 2.01. The van der Waals surface area contributed by atoms with Gasteiger partial charge in [-0.1, -0.05) is 5.92 Å². The summed E-state index contributed by atoms with van der Waals surface area (Å²) in [4.78, 5) is 19.1. The lowest BCUT2D eigenvalue weighted by Crippen LogP contribution is -1.91. The van der Waals surface area contributed by atoms with E-state index < -0.39 is 11.9 Å². The molecular formula is C7H8O5. The number of carbonyl (C=O) groups is 2. The molecule has 0 spiro atoms. The highest BCUT2D eigenvalue weighted by Crippen LogP contribution is 1.70. The van der Waals surface area contributed by atoms with Crippen molar-refractivity contribution in [3.63, 3.8) is 0 Å². The average molecular weight is 172 g/mol. The van der Waals surface area contributed by atoms with Gasteiger partial charge in [0.25, 0.3) is 0 Å². The molecule has 0 aromatic carbocycles. The summed E-state index contributed by atoms with van der Waals surface area (Å²) < 4.78 is 0. The number of aliphatic hydroxyl groups excluding tert-OH is 1. The van der Waals surface area contributed by atoms with Crippen molar-refractivity contribution in [3.05, 3.63) is 12.2 Å². The van der Waals surface area contributed by atoms with Crippen LogP contribution in [0.5, 0.6) is 0 Å². The molecule has 0 bridgehead atoms. The second-order valence-corrected chi connectivity index (χ2v) is 1.37. The van der Waals surface area contributed by atoms with Crippen molar-refractivity contribution >= 4 is 11.9 Å². The van der Waals surface area contributed by atoms with Crippen molar-refractivity contribution < 1.29 is 24.9 Å². The molecule has 0 amide bonds. The van der Waals surface area contributed by atoms with E-state index in [0.29, 0.717) is 12.2 Å². The Morgan fingerprint density at radius 1 is 1.17 bits per heavy atom. The van der Waals surface area contributed by atoms with Crippen molar-refractivity contribution in [2.24, 2.45) is 0 Å². The first-order valence-electron chi connectivity index (χ1n) is 2.74. The maximum Gasteiger partial charge on any atom is 0.328 e. The van der Waals surface area contributed by atoms with Crippen molar-refractivity contribution in [1.82, 2.24) is 0 Å². The predicted octanol–water partition coefficient (Wildman–Crippen LogP) is 0.0515. The Balaban J connectivity index is 0. The molecule has 0 fully saturated rings. The van der Waals surface area contributed by atoms with Gasteiger partial charge < -0.3 is 15.3 Å². The Morgan fingerprint density at radius 3 is 1.50 bits per heavy atom. The van der Waals surface area contributed by atoms with Gasteiger partial charge in [-0.2, -0.15) is 0 Å². The predicted molar refractivity (Wildman–Crippen MR) is 39.8 cm³/mol. The van der Waals surface area contributed by atoms with Crippen LogP contribution in [0.1, 0.15) is 6.92 Å². The molecule has 0 unspecified atom stereocenters. The molecule has 0 atom stereocenters. The fourth-order valence-corrected chi connectivity index (χ4v) is 0.143. The fraction of sp³-hybridized carbons (Fsp3) is 0.143. The zero-order chi connectivity index (χ0) is 9.98. The molecular weight excluding hydrogens is 164 g/mol. The first-order valence-corrected chi connectivity index (χ1v) is 2.74. The molecule has 0 radical (unpaired) electrons. The summed E-state index contributed by atoms with van der Waals surface area (Å²) in [6, 6.07) is 0. The number of hydrogen-bond donors (Lipinski definition) is 3. The Morgan fingerprint density at radius 2 is 1.42 bits per heavy atom. The topological polar surface area (TPSA) is 94.8 Å². The van der Waals surface area contributed by atoms with Crippen LogP contribution in [0.15, 0.2) is 12.2 Å². The molecule has 0 aromatic rings. The van der Waals surface area contributed by atoms with Crippen molar-refractivity contribution in [2.45, 2.75) is 6.92 Å². The van der Waals surface area contributed by atoms with Crippen LogP contribution < -0.4 is 0 Å². The van der Waals surface area contributed by atoms with Gasteiger partial charge in [-0.05, 0) is 0 Å². The zero-order valence-electron chi connectivity index (χ0n) is 6.31. The van der Waals surface area contributed by atoms with Crippen molar-refractivity contribution in [3.8, 4) is 12.0 Å². The van der Waals surface area contributed by atoms with Gasteiger partial charge in [-0.15, -0.1) is 0 Å². The lowest BCUT2D eigenvalue weighted by Gasteiger charge is -1.74. The Hall–Kier alpha value is -1.96. The van der Waals surface area contributed by atoms with E-state index in [1.165, 1.54) is 0 Å². The standard InChI is InChI=1S/C4H4O4.C3H4O/c5-3(6)1-2-4(7)8;1-2-3-4/h1-2H,(H,5,6)(H,7,8);4H,1H3. The van der Waals surface area contributed by atoms with Crippen LogP contribution in [-0.2, 0) is 9.59 Å². The van der Waals surface area contributed by atoms with Crippen LogP contribution in [0.2, 0.25) is 0 Å². The molecule has 0 aliphatic heterocycles. The van der Waals surface area contributed by atoms with Crippen LogP contribution in [0.4, 0.5) is 0 Å². The maximum absolute atomic E-state index is 9.55. The third-order valence-electron chi connectivity index (χ3n) is 0.480. The summed E-state index contributed by atoms with van der Waals surface area (Å²) in [5, 5.41) is 23.1. The molecule has 0 heterocycles. The second kappa shape index (κ2) is 9.04. The van der Waals surface area contributed by atoms with Gasteiger partial charge in [0.1, 0.15) is 6.11 Å². The van der Waals surface area contributed by atoms with Gasteiger partial charge in [-0.25, -0.2) is 9.59 Å². The lowest BCUT2D eigenvalue weighted by molar-refractivity contribution is -0.134. The zero-order valence-corrected chi connectivity index (χ0v) is 6.31. The summed E-state index contributed by atoms with van der Waals surface area (Å²) in [5.74, 6) is -0.278. The van der Waals surface area contributed by atoms with Crippen LogP contribution in [-0.4, -0.2) is 27.3 Å². The van der Waals surface area contributed by atoms with E-state index in [2.05, 4.69) is 5.92 Å². The molecule has 0 saturated heterocycles. The van der Waals surface area contributed by atoms with Gasteiger partial charge in [0.05, 0.1) is 0 Å². The van der Waals surface area contributed by atoms with Gasteiger partial charge in [0.15, 0.2) is 0 Å². The molecule has 66 valence electrons. The summed E-state index contributed by atoms with van der Waals surface area (Å²) in [5.41, 5.74) is 0. The monoisotopic (exact) mass is 172 g/mol. The summed E-state index contributed by atoms with van der Waals surface area (Å²) in [6.07, 6.45) is 2.80. The van der Waals surface area contributed by atoms with Crippen LogP contribution in [0, 0.1) is 12.0 Å². The first kappa shape index (κ1) is 12.7. The third-order valence-corrected chi connectivity index (χ3v) is 0.480. The minimum atomic E-state index is -1.26. The molecule has 0 aromatic heterocycles. The molecule has 0 aliphatic rings. The Bertz CT molecular complexity index is 208. The first-order chi connectivity index (χ1) is 5.54. The van der Waals surface area contributed by atoms with E-state index in [1.54, 1.807) is 13.0 Å². The van der Waals surface area contributed by atoms with Gasteiger partial charge in [-0.3, -0.25) is 0 Å². The quantitative estimate of drug-likeness (QED) is 0.404. The van der Waals surface area contributed by atoms with E-state index in [0.717, 1.165) is 0 Å². The molecule has 3 N–H and O–H groups in total. The summed E-state index contributed by atoms with van der Waals surface area (Å²) >= 11 is 0. The van der Waals surface area contributed by atoms with E-state index in [-0.39, 0.29) is 0 Å². The van der Waals surface area contributed by atoms with Crippen molar-refractivity contribution in [2.75, 3.05) is 0 Å². The largest absolute Gasteiger partial charge is 0.478 e. The van der Waals surface area contributed by atoms with Crippen LogP contribution in [0.25, 0.3) is 0 Å². The third kappa shape index (κ3) is 24.4. The SMILES string of the molecule is CC#CO.O=C(O)C=CC(=O)O. The smallest absolute Gasteiger partial charge is 0.328 e. The van der Waals surface area contributed by atoms with E-state index >= 15 is 0 Å². The number of aliphatic carboxylic acids is 2. The van der Waals surface area contributed by atoms with E-state index in [1.807, 2.05) is 0 Å². The Kier molecular flexibility index (Phi) is 9.56. The van der Waals surface area contributed by atoms with E-state index in [4.69, 9.17) is 15.3 Å². The van der Waals surface area contributed by atoms with Crippen LogP contribution >= 0.6 is 0 Å². The molecule has 5 nitrogen and oxygen atoms in total. The lowest BCUT2D eigenvalue weighted by atomic mass is 10.5. The number of carboxylic acid groups (broad SMARTS) is 2. The van der Waals surface area contributed by atoms with Gasteiger partial charge in [0.2, 0.25) is 0 Å². The molecule has 0 rings (SSSR count). The van der Waals surface area contributed by atoms with Gasteiger partial charge >= 0.3 is 11.9 Å². The summed E-state index contributed by atoms with van der Waals surface area (Å²) in [7, 11) is 0. The number of aliphatic hydroxyl groups is 1. The molecule has 5 heteroatoms. The molecule has 0 aliphatic carbocycles.